The second kappa shape index (κ2) is 6.69. The number of halogens is 3. The van der Waals surface area contributed by atoms with Crippen molar-refractivity contribution in [1.29, 1.82) is 0 Å². The van der Waals surface area contributed by atoms with Gasteiger partial charge >= 0.3 is 6.01 Å². The van der Waals surface area contributed by atoms with Crippen LogP contribution in [0.15, 0.2) is 30.3 Å². The first kappa shape index (κ1) is 16.8. The van der Waals surface area contributed by atoms with Gasteiger partial charge in [0, 0.05) is 17.1 Å². The lowest BCUT2D eigenvalue weighted by Gasteiger charge is -2.11. The van der Waals surface area contributed by atoms with Gasteiger partial charge < -0.3 is 10.1 Å². The molecule has 0 unspecified atom stereocenters. The fourth-order valence-electron chi connectivity index (χ4n) is 1.65. The highest BCUT2D eigenvalue weighted by molar-refractivity contribution is 6.76. The lowest BCUT2D eigenvalue weighted by atomic mass is 10.3. The van der Waals surface area contributed by atoms with Gasteiger partial charge in [-0.2, -0.15) is 0 Å². The van der Waals surface area contributed by atoms with Crippen LogP contribution in [-0.4, -0.2) is 19.7 Å². The zero-order chi connectivity index (χ0) is 16.3. The molecule has 5 nitrogen and oxygen atoms in total. The second-order valence-electron chi connectivity index (χ2n) is 4.51. The second-order valence-corrected chi connectivity index (χ2v) is 6.79. The third-order valence-electron chi connectivity index (χ3n) is 2.54. The molecule has 0 fully saturated rings. The highest BCUT2D eigenvalue weighted by Gasteiger charge is 2.30. The van der Waals surface area contributed by atoms with Gasteiger partial charge in [-0.1, -0.05) is 34.8 Å². The number of amides is 1. The first-order chi connectivity index (χ1) is 10.2. The minimum absolute atomic E-state index is 0.260. The quantitative estimate of drug-likeness (QED) is 0.833. The summed E-state index contributed by atoms with van der Waals surface area (Å²) in [4.78, 5) is 19.9. The molecule has 1 aromatic carbocycles. The van der Waals surface area contributed by atoms with Crippen LogP contribution in [0.2, 0.25) is 0 Å². The molecule has 0 spiro atoms. The van der Waals surface area contributed by atoms with E-state index in [1.54, 1.807) is 24.3 Å². The van der Waals surface area contributed by atoms with Crippen molar-refractivity contribution in [2.75, 3.05) is 5.32 Å². The van der Waals surface area contributed by atoms with E-state index in [1.807, 2.05) is 19.9 Å². The first-order valence-corrected chi connectivity index (χ1v) is 7.36. The Morgan fingerprint density at radius 3 is 2.14 bits per heavy atom. The summed E-state index contributed by atoms with van der Waals surface area (Å²) in [6.07, 6.45) is 0. The SMILES string of the molecule is Cc1cc(C)nc(Oc2ccc(NC(=O)C(Cl)(Cl)Cl)cc2)n1. The van der Waals surface area contributed by atoms with Crippen LogP contribution in [0.4, 0.5) is 5.69 Å². The molecule has 1 amide bonds. The number of rotatable bonds is 3. The molecule has 1 aromatic heterocycles. The number of aromatic nitrogens is 2. The number of ether oxygens (including phenoxy) is 1. The Hall–Kier alpha value is -1.56. The maximum absolute atomic E-state index is 11.5. The van der Waals surface area contributed by atoms with E-state index in [9.17, 15) is 4.79 Å². The van der Waals surface area contributed by atoms with Crippen molar-refractivity contribution in [3.05, 3.63) is 41.7 Å². The molecular weight excluding hydrogens is 349 g/mol. The van der Waals surface area contributed by atoms with Gasteiger partial charge in [-0.05, 0) is 44.2 Å². The van der Waals surface area contributed by atoms with E-state index in [2.05, 4.69) is 15.3 Å². The summed E-state index contributed by atoms with van der Waals surface area (Å²) in [7, 11) is 0. The minimum atomic E-state index is -2.01. The van der Waals surface area contributed by atoms with Crippen LogP contribution in [0.1, 0.15) is 11.4 Å². The molecule has 2 aromatic rings. The molecule has 1 heterocycles. The lowest BCUT2D eigenvalue weighted by Crippen LogP contribution is -2.26. The summed E-state index contributed by atoms with van der Waals surface area (Å²) in [6.45, 7) is 3.72. The molecular formula is C14H12Cl3N3O2. The molecule has 0 saturated heterocycles. The van der Waals surface area contributed by atoms with Crippen molar-refractivity contribution < 1.29 is 9.53 Å². The van der Waals surface area contributed by atoms with Crippen LogP contribution < -0.4 is 10.1 Å². The Labute approximate surface area is 142 Å². The maximum atomic E-state index is 11.5. The monoisotopic (exact) mass is 359 g/mol. The van der Waals surface area contributed by atoms with E-state index in [4.69, 9.17) is 39.5 Å². The number of nitrogens with zero attached hydrogens (tertiary/aromatic N) is 2. The molecule has 22 heavy (non-hydrogen) atoms. The smallest absolute Gasteiger partial charge is 0.322 e. The van der Waals surface area contributed by atoms with E-state index in [1.165, 1.54) is 0 Å². The van der Waals surface area contributed by atoms with E-state index in [0.29, 0.717) is 11.4 Å². The highest BCUT2D eigenvalue weighted by atomic mass is 35.6. The molecule has 0 saturated carbocycles. The van der Waals surface area contributed by atoms with Crippen LogP contribution in [0.5, 0.6) is 11.8 Å². The van der Waals surface area contributed by atoms with Crippen LogP contribution in [-0.2, 0) is 4.79 Å². The van der Waals surface area contributed by atoms with Crippen molar-refractivity contribution >= 4 is 46.4 Å². The Balaban J connectivity index is 2.07. The molecule has 8 heteroatoms. The Kier molecular flexibility index (Phi) is 5.11. The van der Waals surface area contributed by atoms with E-state index < -0.39 is 9.70 Å². The number of carbonyl (C=O) groups excluding carboxylic acids is 1. The fourth-order valence-corrected chi connectivity index (χ4v) is 1.79. The third kappa shape index (κ3) is 4.73. The summed E-state index contributed by atoms with van der Waals surface area (Å²) in [5, 5.41) is 2.47. The Bertz CT molecular complexity index is 664. The van der Waals surface area contributed by atoms with Crippen molar-refractivity contribution in [3.63, 3.8) is 0 Å². The molecule has 0 aliphatic heterocycles. The first-order valence-electron chi connectivity index (χ1n) is 6.22. The topological polar surface area (TPSA) is 64.1 Å². The fraction of sp³-hybridized carbons (Fsp3) is 0.214. The summed E-state index contributed by atoms with van der Waals surface area (Å²) in [6, 6.07) is 8.64. The van der Waals surface area contributed by atoms with Crippen LogP contribution >= 0.6 is 34.8 Å². The number of anilines is 1. The van der Waals surface area contributed by atoms with E-state index in [0.717, 1.165) is 11.4 Å². The van der Waals surface area contributed by atoms with Gasteiger partial charge in [0.05, 0.1) is 0 Å². The number of nitrogens with one attached hydrogen (secondary N) is 1. The number of hydrogen-bond donors (Lipinski definition) is 1. The van der Waals surface area contributed by atoms with Crippen LogP contribution in [0.3, 0.4) is 0 Å². The number of benzene rings is 1. The van der Waals surface area contributed by atoms with Gasteiger partial charge in [-0.15, -0.1) is 0 Å². The number of alkyl halides is 3. The average Bonchev–Trinajstić information content (AvgIpc) is 2.38. The van der Waals surface area contributed by atoms with Gasteiger partial charge in [-0.3, -0.25) is 4.79 Å². The number of hydrogen-bond acceptors (Lipinski definition) is 4. The van der Waals surface area contributed by atoms with E-state index >= 15 is 0 Å². The normalized spacial score (nSPS) is 11.1. The highest BCUT2D eigenvalue weighted by Crippen LogP contribution is 2.28. The Morgan fingerprint density at radius 1 is 1.09 bits per heavy atom. The summed E-state index contributed by atoms with van der Waals surface area (Å²) in [5.41, 5.74) is 2.10. The zero-order valence-electron chi connectivity index (χ0n) is 11.7. The third-order valence-corrected chi connectivity index (χ3v) is 3.06. The summed E-state index contributed by atoms with van der Waals surface area (Å²) in [5.74, 6) is -0.208. The standard InChI is InChI=1S/C14H12Cl3N3O2/c1-8-7-9(2)19-13(18-8)22-11-5-3-10(4-6-11)20-12(21)14(15,16)17/h3-7H,1-2H3,(H,20,21). The summed E-state index contributed by atoms with van der Waals surface area (Å²) >= 11 is 16.4. The van der Waals surface area contributed by atoms with Gasteiger partial charge in [0.25, 0.3) is 9.70 Å². The van der Waals surface area contributed by atoms with Crippen molar-refractivity contribution in [3.8, 4) is 11.8 Å². The minimum Gasteiger partial charge on any atom is -0.424 e. The molecule has 0 aliphatic rings. The molecule has 116 valence electrons. The predicted octanol–water partition coefficient (Wildman–Crippen LogP) is 4.19. The van der Waals surface area contributed by atoms with Gasteiger partial charge in [0.15, 0.2) is 0 Å². The molecule has 0 radical (unpaired) electrons. The van der Waals surface area contributed by atoms with Crippen LogP contribution in [0.25, 0.3) is 0 Å². The van der Waals surface area contributed by atoms with Crippen molar-refractivity contribution in [1.82, 2.24) is 9.97 Å². The van der Waals surface area contributed by atoms with Crippen molar-refractivity contribution in [2.24, 2.45) is 0 Å². The van der Waals surface area contributed by atoms with Crippen molar-refractivity contribution in [2.45, 2.75) is 17.6 Å². The molecule has 0 bridgehead atoms. The average molecular weight is 361 g/mol. The largest absolute Gasteiger partial charge is 0.424 e. The number of carbonyl (C=O) groups is 1. The maximum Gasteiger partial charge on any atom is 0.322 e. The molecule has 0 atom stereocenters. The Morgan fingerprint density at radius 2 is 1.64 bits per heavy atom. The lowest BCUT2D eigenvalue weighted by molar-refractivity contribution is -0.115. The predicted molar refractivity (Wildman–Crippen MR) is 86.9 cm³/mol. The summed E-state index contributed by atoms with van der Waals surface area (Å²) < 4.78 is 3.54. The van der Waals surface area contributed by atoms with Gasteiger partial charge in [0.2, 0.25) is 0 Å². The molecule has 2 rings (SSSR count). The number of aryl methyl sites for hydroxylation is 2. The van der Waals surface area contributed by atoms with Gasteiger partial charge in [-0.25, -0.2) is 9.97 Å². The van der Waals surface area contributed by atoms with Gasteiger partial charge in [0.1, 0.15) is 5.75 Å². The zero-order valence-corrected chi connectivity index (χ0v) is 14.0. The van der Waals surface area contributed by atoms with Crippen LogP contribution in [0, 0.1) is 13.8 Å². The molecule has 0 aliphatic carbocycles. The molecule has 1 N–H and O–H groups in total. The van der Waals surface area contributed by atoms with E-state index in [-0.39, 0.29) is 6.01 Å².